The number of hydrogen-bond donors (Lipinski definition) is 3. The van der Waals surface area contributed by atoms with E-state index in [0.29, 0.717) is 0 Å². The van der Waals surface area contributed by atoms with E-state index in [-0.39, 0.29) is 29.9 Å². The molecule has 0 heterocycles. The quantitative estimate of drug-likeness (QED) is 0.289. The molecule has 0 aliphatic carbocycles. The minimum atomic E-state index is -0.0624. The van der Waals surface area contributed by atoms with E-state index in [9.17, 15) is 4.79 Å². The summed E-state index contributed by atoms with van der Waals surface area (Å²) in [5, 5.41) is 9.44. The minimum Gasteiger partial charge on any atom is -0.496 e. The maximum atomic E-state index is 11.1. The summed E-state index contributed by atoms with van der Waals surface area (Å²) in [6.07, 6.45) is 1.73. The highest BCUT2D eigenvalue weighted by atomic mass is 127. The average Bonchev–Trinajstić information content (AvgIpc) is 2.68. The number of carbonyl (C=O) groups is 1. The Bertz CT molecular complexity index is 807. The fraction of sp³-hybridized carbons (Fsp3) is 0.364. The third kappa shape index (κ3) is 8.72. The molecule has 0 bridgehead atoms. The van der Waals surface area contributed by atoms with Gasteiger partial charge in [0.1, 0.15) is 5.75 Å². The molecule has 0 saturated carbocycles. The van der Waals surface area contributed by atoms with Gasteiger partial charge in [-0.1, -0.05) is 29.8 Å². The Hall–Kier alpha value is -2.29. The summed E-state index contributed by atoms with van der Waals surface area (Å²) in [7, 11) is 3.47. The summed E-state index contributed by atoms with van der Waals surface area (Å²) in [4.78, 5) is 15.3. The topological polar surface area (TPSA) is 74.8 Å². The van der Waals surface area contributed by atoms with Gasteiger partial charge in [0.15, 0.2) is 5.96 Å². The van der Waals surface area contributed by atoms with Gasteiger partial charge in [-0.2, -0.15) is 0 Å². The van der Waals surface area contributed by atoms with E-state index in [1.165, 1.54) is 23.6 Å². The molecule has 0 unspecified atom stereocenters. The second-order valence-electron chi connectivity index (χ2n) is 6.62. The lowest BCUT2D eigenvalue weighted by atomic mass is 10.1. The van der Waals surface area contributed by atoms with Gasteiger partial charge in [-0.15, -0.1) is 24.0 Å². The first kappa shape index (κ1) is 24.7. The van der Waals surface area contributed by atoms with E-state index < -0.39 is 0 Å². The smallest absolute Gasteiger partial charge is 0.221 e. The molecular weight excluding hydrogens is 479 g/mol. The number of anilines is 1. The number of nitrogens with one attached hydrogen (secondary N) is 3. The molecule has 0 saturated heterocycles. The van der Waals surface area contributed by atoms with Crippen molar-refractivity contribution in [1.82, 2.24) is 10.6 Å². The predicted octanol–water partition coefficient (Wildman–Crippen LogP) is 3.53. The molecule has 2 aromatic rings. The van der Waals surface area contributed by atoms with Crippen LogP contribution in [0.5, 0.6) is 5.75 Å². The van der Waals surface area contributed by atoms with Gasteiger partial charge in [-0.3, -0.25) is 9.79 Å². The van der Waals surface area contributed by atoms with Gasteiger partial charge in [0.2, 0.25) is 5.91 Å². The first-order valence-electron chi connectivity index (χ1n) is 9.46. The Morgan fingerprint density at radius 1 is 1.03 bits per heavy atom. The Labute approximate surface area is 190 Å². The van der Waals surface area contributed by atoms with Crippen LogP contribution in [0.15, 0.2) is 47.5 Å². The molecule has 7 heteroatoms. The zero-order valence-corrected chi connectivity index (χ0v) is 19.9. The summed E-state index contributed by atoms with van der Waals surface area (Å²) in [5.74, 6) is 1.63. The van der Waals surface area contributed by atoms with Crippen molar-refractivity contribution in [3.63, 3.8) is 0 Å². The molecule has 2 rings (SSSR count). The van der Waals surface area contributed by atoms with E-state index in [1.807, 2.05) is 30.3 Å². The molecule has 0 atom stereocenters. The maximum absolute atomic E-state index is 11.1. The highest BCUT2D eigenvalue weighted by molar-refractivity contribution is 14.0. The van der Waals surface area contributed by atoms with Gasteiger partial charge in [-0.25, -0.2) is 0 Å². The molecule has 29 heavy (non-hydrogen) atoms. The molecule has 1 amide bonds. The number of carbonyl (C=O) groups excluding carboxylic acids is 1. The molecule has 0 spiro atoms. The van der Waals surface area contributed by atoms with Crippen LogP contribution in [0.1, 0.15) is 23.6 Å². The van der Waals surface area contributed by atoms with Gasteiger partial charge >= 0.3 is 0 Å². The average molecular weight is 510 g/mol. The number of nitrogens with zero attached hydrogens (tertiary/aromatic N) is 1. The van der Waals surface area contributed by atoms with Gasteiger partial charge in [0, 0.05) is 32.7 Å². The Kier molecular flexibility index (Phi) is 11.1. The highest BCUT2D eigenvalue weighted by Crippen LogP contribution is 2.19. The van der Waals surface area contributed by atoms with Crippen LogP contribution in [-0.4, -0.2) is 39.1 Å². The fourth-order valence-corrected chi connectivity index (χ4v) is 2.92. The summed E-state index contributed by atoms with van der Waals surface area (Å²) in [6.45, 7) is 5.13. The lowest BCUT2D eigenvalue weighted by Crippen LogP contribution is -2.39. The molecule has 3 N–H and O–H groups in total. The molecule has 0 aliphatic rings. The number of aryl methyl sites for hydroxylation is 1. The standard InChI is InChI=1S/C22H30N4O2.HI/c1-16-5-10-21(28-4)19(15-16)12-14-25-22(23-3)24-13-11-18-6-8-20(9-7-18)26-17(2)27;/h5-10,15H,11-14H2,1-4H3,(H,26,27)(H2,23,24,25);1H. The van der Waals surface area contributed by atoms with Gasteiger partial charge in [-0.05, 0) is 49.1 Å². The number of ether oxygens (including phenoxy) is 1. The molecule has 158 valence electrons. The fourth-order valence-electron chi connectivity index (χ4n) is 2.92. The van der Waals surface area contributed by atoms with Crippen LogP contribution in [0.4, 0.5) is 5.69 Å². The summed E-state index contributed by atoms with van der Waals surface area (Å²) in [5.41, 5.74) is 4.42. The zero-order valence-electron chi connectivity index (χ0n) is 17.5. The summed E-state index contributed by atoms with van der Waals surface area (Å²) in [6, 6.07) is 14.1. The van der Waals surface area contributed by atoms with Crippen molar-refractivity contribution in [3.05, 3.63) is 59.2 Å². The molecule has 0 aromatic heterocycles. The monoisotopic (exact) mass is 510 g/mol. The zero-order chi connectivity index (χ0) is 20.4. The van der Waals surface area contributed by atoms with E-state index in [4.69, 9.17) is 4.74 Å². The molecule has 6 nitrogen and oxygen atoms in total. The first-order valence-corrected chi connectivity index (χ1v) is 9.46. The Morgan fingerprint density at radius 2 is 1.69 bits per heavy atom. The molecule has 0 aliphatic heterocycles. The number of amides is 1. The predicted molar refractivity (Wildman–Crippen MR) is 131 cm³/mol. The largest absolute Gasteiger partial charge is 0.496 e. The number of hydrogen-bond acceptors (Lipinski definition) is 3. The molecule has 0 radical (unpaired) electrons. The lowest BCUT2D eigenvalue weighted by molar-refractivity contribution is -0.114. The normalized spacial score (nSPS) is 10.7. The van der Waals surface area contributed by atoms with Crippen molar-refractivity contribution in [2.24, 2.45) is 4.99 Å². The van der Waals surface area contributed by atoms with Crippen molar-refractivity contribution in [2.75, 3.05) is 32.6 Å². The van der Waals surface area contributed by atoms with Gasteiger partial charge in [0.25, 0.3) is 0 Å². The Morgan fingerprint density at radius 3 is 2.28 bits per heavy atom. The molecule has 0 fully saturated rings. The summed E-state index contributed by atoms with van der Waals surface area (Å²) < 4.78 is 5.43. The number of benzene rings is 2. The van der Waals surface area contributed by atoms with Crippen molar-refractivity contribution in [2.45, 2.75) is 26.7 Å². The van der Waals surface area contributed by atoms with E-state index in [1.54, 1.807) is 14.2 Å². The van der Waals surface area contributed by atoms with Crippen LogP contribution in [0.25, 0.3) is 0 Å². The number of rotatable bonds is 8. The van der Waals surface area contributed by atoms with Crippen molar-refractivity contribution < 1.29 is 9.53 Å². The highest BCUT2D eigenvalue weighted by Gasteiger charge is 2.04. The lowest BCUT2D eigenvalue weighted by Gasteiger charge is -2.14. The summed E-state index contributed by atoms with van der Waals surface area (Å²) >= 11 is 0. The Balaban J connectivity index is 0.00000420. The number of methoxy groups -OCH3 is 1. The third-order valence-electron chi connectivity index (χ3n) is 4.33. The first-order chi connectivity index (χ1) is 13.5. The van der Waals surface area contributed by atoms with E-state index in [0.717, 1.165) is 43.3 Å². The third-order valence-corrected chi connectivity index (χ3v) is 4.33. The van der Waals surface area contributed by atoms with Gasteiger partial charge < -0.3 is 20.7 Å². The van der Waals surface area contributed by atoms with Crippen molar-refractivity contribution in [3.8, 4) is 5.75 Å². The second kappa shape index (κ2) is 13.0. The number of aliphatic imine (C=N–C) groups is 1. The van der Waals surface area contributed by atoms with Crippen LogP contribution in [0, 0.1) is 6.92 Å². The van der Waals surface area contributed by atoms with Crippen molar-refractivity contribution in [1.29, 1.82) is 0 Å². The minimum absolute atomic E-state index is 0. The molecule has 2 aromatic carbocycles. The number of guanidine groups is 1. The van der Waals surface area contributed by atoms with Crippen LogP contribution in [-0.2, 0) is 17.6 Å². The maximum Gasteiger partial charge on any atom is 0.221 e. The van der Waals surface area contributed by atoms with Crippen LogP contribution in [0.2, 0.25) is 0 Å². The van der Waals surface area contributed by atoms with E-state index >= 15 is 0 Å². The van der Waals surface area contributed by atoms with Crippen LogP contribution in [0.3, 0.4) is 0 Å². The van der Waals surface area contributed by atoms with Crippen LogP contribution >= 0.6 is 24.0 Å². The van der Waals surface area contributed by atoms with E-state index in [2.05, 4.69) is 40.0 Å². The van der Waals surface area contributed by atoms with Crippen molar-refractivity contribution >= 4 is 41.5 Å². The number of halogens is 1. The van der Waals surface area contributed by atoms with Crippen LogP contribution < -0.4 is 20.7 Å². The van der Waals surface area contributed by atoms with Gasteiger partial charge in [0.05, 0.1) is 7.11 Å². The SMILES string of the molecule is CN=C(NCCc1ccc(NC(C)=O)cc1)NCCc1cc(C)ccc1OC.I. The second-order valence-corrected chi connectivity index (χ2v) is 6.62. The molecular formula is C22H31IN4O2.